The number of amides is 1. The number of halogens is 1. The molecule has 2 aromatic heterocycles. The molecule has 0 fully saturated rings. The molecule has 0 radical (unpaired) electrons. The van der Waals surface area contributed by atoms with Gasteiger partial charge in [0.15, 0.2) is 16.9 Å². The Balaban J connectivity index is 1.66. The first kappa shape index (κ1) is 24.5. The van der Waals surface area contributed by atoms with E-state index in [1.54, 1.807) is 23.7 Å². The Morgan fingerprint density at radius 3 is 2.69 bits per heavy atom. The Bertz CT molecular complexity index is 1470. The van der Waals surface area contributed by atoms with E-state index in [4.69, 9.17) is 13.9 Å². The van der Waals surface area contributed by atoms with Crippen LogP contribution in [0.4, 0.5) is 5.13 Å². The fraction of sp³-hybridized carbons (Fsp3) is 0.308. The summed E-state index contributed by atoms with van der Waals surface area (Å²) >= 11 is 4.64. The second-order valence-corrected chi connectivity index (χ2v) is 10.0. The largest absolute Gasteiger partial charge is 0.490 e. The quantitative estimate of drug-likeness (QED) is 0.224. The van der Waals surface area contributed by atoms with Crippen molar-refractivity contribution in [3.63, 3.8) is 0 Å². The van der Waals surface area contributed by atoms with Crippen LogP contribution < -0.4 is 19.8 Å². The lowest BCUT2D eigenvalue weighted by Crippen LogP contribution is -2.29. The minimum absolute atomic E-state index is 0.00729. The Labute approximate surface area is 220 Å². The van der Waals surface area contributed by atoms with Crippen LogP contribution in [-0.2, 0) is 0 Å². The molecular formula is C26H24BrN3O5S. The Kier molecular flexibility index (Phi) is 7.06. The van der Waals surface area contributed by atoms with E-state index in [0.717, 1.165) is 23.7 Å². The molecule has 2 aromatic carbocycles. The lowest BCUT2D eigenvalue weighted by atomic mass is 9.98. The third kappa shape index (κ3) is 4.39. The van der Waals surface area contributed by atoms with Crippen LogP contribution in [0.3, 0.4) is 0 Å². The van der Waals surface area contributed by atoms with Gasteiger partial charge in [-0.25, -0.2) is 0 Å². The Morgan fingerprint density at radius 1 is 1.08 bits per heavy atom. The van der Waals surface area contributed by atoms with Crippen molar-refractivity contribution >= 4 is 49.3 Å². The van der Waals surface area contributed by atoms with Gasteiger partial charge < -0.3 is 13.9 Å². The number of carbonyl (C=O) groups is 1. The Hall–Kier alpha value is -3.24. The summed E-state index contributed by atoms with van der Waals surface area (Å²) in [6, 6.07) is 9.89. The number of rotatable bonds is 9. The third-order valence-corrected chi connectivity index (χ3v) is 7.16. The summed E-state index contributed by atoms with van der Waals surface area (Å²) in [6.07, 6.45) is 3.13. The molecule has 0 N–H and O–H groups in total. The summed E-state index contributed by atoms with van der Waals surface area (Å²) in [5.74, 6) is 0.745. The van der Waals surface area contributed by atoms with Gasteiger partial charge >= 0.3 is 0 Å². The van der Waals surface area contributed by atoms with Crippen LogP contribution in [0.5, 0.6) is 11.5 Å². The van der Waals surface area contributed by atoms with Gasteiger partial charge in [0.25, 0.3) is 5.91 Å². The summed E-state index contributed by atoms with van der Waals surface area (Å²) in [5.41, 5.74) is 2.57. The van der Waals surface area contributed by atoms with Gasteiger partial charge in [0.05, 0.1) is 30.2 Å². The van der Waals surface area contributed by atoms with Gasteiger partial charge in [-0.2, -0.15) is 0 Å². The molecule has 1 amide bonds. The zero-order valence-electron chi connectivity index (χ0n) is 19.8. The average Bonchev–Trinajstić information content (AvgIpc) is 3.50. The Morgan fingerprint density at radius 2 is 1.94 bits per heavy atom. The van der Waals surface area contributed by atoms with Crippen molar-refractivity contribution in [1.82, 2.24) is 10.2 Å². The number of hydrogen-bond donors (Lipinski definition) is 0. The van der Waals surface area contributed by atoms with Gasteiger partial charge in [0, 0.05) is 4.47 Å². The van der Waals surface area contributed by atoms with Crippen LogP contribution in [0.15, 0.2) is 55.6 Å². The lowest BCUT2D eigenvalue weighted by molar-refractivity contribution is 0.0970. The molecule has 0 saturated heterocycles. The number of benzene rings is 2. The highest BCUT2D eigenvalue weighted by Crippen LogP contribution is 2.43. The number of carbonyl (C=O) groups excluding carboxylic acids is 1. The number of unbranched alkanes of at least 4 members (excludes halogenated alkanes) is 2. The molecule has 36 heavy (non-hydrogen) atoms. The first-order chi connectivity index (χ1) is 17.5. The molecule has 3 heterocycles. The molecule has 1 atom stereocenters. The molecule has 0 saturated carbocycles. The molecule has 1 aliphatic rings. The maximum Gasteiger partial charge on any atom is 0.297 e. The van der Waals surface area contributed by atoms with E-state index in [-0.39, 0.29) is 16.8 Å². The van der Waals surface area contributed by atoms with Crippen LogP contribution in [0.1, 0.15) is 60.8 Å². The van der Waals surface area contributed by atoms with Crippen molar-refractivity contribution < 1.29 is 18.7 Å². The molecule has 8 nitrogen and oxygen atoms in total. The molecule has 0 aliphatic carbocycles. The smallest absolute Gasteiger partial charge is 0.297 e. The van der Waals surface area contributed by atoms with Crippen molar-refractivity contribution in [2.45, 2.75) is 39.2 Å². The minimum Gasteiger partial charge on any atom is -0.490 e. The van der Waals surface area contributed by atoms with Gasteiger partial charge in [0.1, 0.15) is 11.1 Å². The maximum absolute atomic E-state index is 13.7. The van der Waals surface area contributed by atoms with Crippen molar-refractivity contribution in [2.75, 3.05) is 18.1 Å². The first-order valence-corrected chi connectivity index (χ1v) is 13.5. The molecule has 186 valence electrons. The molecule has 4 aromatic rings. The van der Waals surface area contributed by atoms with E-state index in [1.165, 1.54) is 16.2 Å². The van der Waals surface area contributed by atoms with E-state index in [0.29, 0.717) is 46.4 Å². The normalized spacial score (nSPS) is 14.9. The predicted octanol–water partition coefficient (Wildman–Crippen LogP) is 6.12. The summed E-state index contributed by atoms with van der Waals surface area (Å²) in [5, 5.41) is 8.79. The van der Waals surface area contributed by atoms with Gasteiger partial charge in [0.2, 0.25) is 10.9 Å². The van der Waals surface area contributed by atoms with E-state index >= 15 is 0 Å². The SMILES string of the molecule is CCCCCOc1ccc(C2c3c(oc4ccc(Br)cc4c3=O)C(=O)N2c2nncs2)cc1OCC. The first-order valence-electron chi connectivity index (χ1n) is 11.8. The van der Waals surface area contributed by atoms with Gasteiger partial charge in [-0.1, -0.05) is 53.1 Å². The molecule has 0 spiro atoms. The standard InChI is InChI=1S/C26H24BrN3O5S/c1-3-5-6-11-34-19-9-7-15(12-20(19)33-4-2)22-21-23(31)17-13-16(27)8-10-18(17)35-24(21)25(32)30(22)26-29-28-14-36-26/h7-10,12-14,22H,3-6,11H2,1-2H3. The molecule has 0 bridgehead atoms. The fourth-order valence-electron chi connectivity index (χ4n) is 4.35. The van der Waals surface area contributed by atoms with Crippen molar-refractivity contribution in [3.05, 3.63) is 73.5 Å². The second kappa shape index (κ2) is 10.4. The van der Waals surface area contributed by atoms with Crippen LogP contribution in [0.25, 0.3) is 11.0 Å². The van der Waals surface area contributed by atoms with E-state index in [2.05, 4.69) is 33.1 Å². The number of nitrogens with zero attached hydrogens (tertiary/aromatic N) is 3. The van der Waals surface area contributed by atoms with Gasteiger partial charge in [-0.05, 0) is 49.2 Å². The molecule has 5 rings (SSSR count). The monoisotopic (exact) mass is 569 g/mol. The summed E-state index contributed by atoms with van der Waals surface area (Å²) in [6.45, 7) is 5.06. The zero-order chi connectivity index (χ0) is 25.2. The highest BCUT2D eigenvalue weighted by atomic mass is 79.9. The van der Waals surface area contributed by atoms with E-state index in [1.807, 2.05) is 25.1 Å². The van der Waals surface area contributed by atoms with Crippen molar-refractivity contribution in [1.29, 1.82) is 0 Å². The van der Waals surface area contributed by atoms with Gasteiger partial charge in [-0.3, -0.25) is 14.5 Å². The number of anilines is 1. The zero-order valence-corrected chi connectivity index (χ0v) is 22.2. The minimum atomic E-state index is -0.756. The predicted molar refractivity (Wildman–Crippen MR) is 141 cm³/mol. The summed E-state index contributed by atoms with van der Waals surface area (Å²) < 4.78 is 18.6. The number of fused-ring (bicyclic) bond motifs is 2. The van der Waals surface area contributed by atoms with Crippen molar-refractivity contribution in [3.8, 4) is 11.5 Å². The number of hydrogen-bond acceptors (Lipinski definition) is 8. The molecular weight excluding hydrogens is 546 g/mol. The van der Waals surface area contributed by atoms with Gasteiger partial charge in [-0.15, -0.1) is 10.2 Å². The summed E-state index contributed by atoms with van der Waals surface area (Å²) in [4.78, 5) is 28.8. The van der Waals surface area contributed by atoms with Crippen LogP contribution in [0.2, 0.25) is 0 Å². The maximum atomic E-state index is 13.7. The average molecular weight is 570 g/mol. The molecule has 1 aliphatic heterocycles. The number of ether oxygens (including phenoxy) is 2. The second-order valence-electron chi connectivity index (χ2n) is 8.31. The molecule has 1 unspecified atom stereocenters. The third-order valence-electron chi connectivity index (χ3n) is 5.98. The number of aromatic nitrogens is 2. The van der Waals surface area contributed by atoms with Crippen LogP contribution >= 0.6 is 27.3 Å². The van der Waals surface area contributed by atoms with Crippen LogP contribution in [0, 0.1) is 0 Å². The van der Waals surface area contributed by atoms with E-state index in [9.17, 15) is 9.59 Å². The topological polar surface area (TPSA) is 94.8 Å². The van der Waals surface area contributed by atoms with E-state index < -0.39 is 11.9 Å². The van der Waals surface area contributed by atoms with Crippen LogP contribution in [-0.4, -0.2) is 29.3 Å². The molecule has 10 heteroatoms. The lowest BCUT2D eigenvalue weighted by Gasteiger charge is -2.23. The highest BCUT2D eigenvalue weighted by molar-refractivity contribution is 9.10. The highest BCUT2D eigenvalue weighted by Gasteiger charge is 2.45. The fourth-order valence-corrected chi connectivity index (χ4v) is 5.29. The van der Waals surface area contributed by atoms with Crippen molar-refractivity contribution in [2.24, 2.45) is 0 Å². The summed E-state index contributed by atoms with van der Waals surface area (Å²) in [7, 11) is 0.